The van der Waals surface area contributed by atoms with Crippen molar-refractivity contribution in [2.75, 3.05) is 0 Å². The van der Waals surface area contributed by atoms with Gasteiger partial charge < -0.3 is 8.83 Å². The van der Waals surface area contributed by atoms with Crippen LogP contribution in [0, 0.1) is 6.92 Å². The molecule has 25 heavy (non-hydrogen) atoms. The molecule has 0 radical (unpaired) electrons. The summed E-state index contributed by atoms with van der Waals surface area (Å²) in [5.41, 5.74) is 3.42. The number of hydrogen-bond donors (Lipinski definition) is 1. The fourth-order valence-electron chi connectivity index (χ4n) is 2.11. The van der Waals surface area contributed by atoms with Crippen molar-refractivity contribution in [2.24, 2.45) is 5.10 Å². The van der Waals surface area contributed by atoms with E-state index in [2.05, 4.69) is 10.5 Å². The zero-order valence-corrected chi connectivity index (χ0v) is 15.1. The number of rotatable bonds is 4. The molecule has 0 aliphatic carbocycles. The van der Waals surface area contributed by atoms with Gasteiger partial charge in [0.25, 0.3) is 5.91 Å². The number of hydrogen-bond acceptors (Lipinski definition) is 4. The van der Waals surface area contributed by atoms with Crippen LogP contribution in [0.4, 0.5) is 0 Å². The number of aryl methyl sites for hydroxylation is 1. The molecule has 128 valence electrons. The number of nitrogens with zero attached hydrogens (tertiary/aromatic N) is 1. The lowest BCUT2D eigenvalue weighted by molar-refractivity contribution is 0.0953. The largest absolute Gasteiger partial charge is 0.469 e. The van der Waals surface area contributed by atoms with E-state index in [0.29, 0.717) is 43.5 Å². The number of hydrazone groups is 1. The molecule has 0 aliphatic heterocycles. The molecule has 3 aromatic rings. The van der Waals surface area contributed by atoms with E-state index in [1.165, 1.54) is 12.5 Å². The first-order valence-electron chi connectivity index (χ1n) is 7.08. The van der Waals surface area contributed by atoms with Gasteiger partial charge in [-0.3, -0.25) is 4.79 Å². The molecule has 0 saturated heterocycles. The molecule has 0 bridgehead atoms. The summed E-state index contributed by atoms with van der Waals surface area (Å²) < 4.78 is 10.7. The normalized spacial score (nSPS) is 11.2. The number of amides is 1. The van der Waals surface area contributed by atoms with Gasteiger partial charge in [-0.05, 0) is 37.3 Å². The Kier molecular flexibility index (Phi) is 5.18. The van der Waals surface area contributed by atoms with Crippen molar-refractivity contribution in [3.63, 3.8) is 0 Å². The van der Waals surface area contributed by atoms with E-state index in [4.69, 9.17) is 43.6 Å². The third-order valence-corrected chi connectivity index (χ3v) is 4.40. The first-order valence-corrected chi connectivity index (χ1v) is 8.21. The predicted molar refractivity (Wildman–Crippen MR) is 97.7 cm³/mol. The van der Waals surface area contributed by atoms with Crippen LogP contribution in [0.2, 0.25) is 15.1 Å². The Morgan fingerprint density at radius 1 is 1.12 bits per heavy atom. The highest BCUT2D eigenvalue weighted by Gasteiger charge is 2.12. The summed E-state index contributed by atoms with van der Waals surface area (Å²) in [5, 5.41) is 5.01. The molecule has 3 rings (SSSR count). The second kappa shape index (κ2) is 7.35. The highest BCUT2D eigenvalue weighted by Crippen LogP contribution is 2.35. The molecule has 5 nitrogen and oxygen atoms in total. The van der Waals surface area contributed by atoms with Crippen LogP contribution in [0.1, 0.15) is 21.9 Å². The van der Waals surface area contributed by atoms with Crippen LogP contribution in [-0.2, 0) is 0 Å². The van der Waals surface area contributed by atoms with E-state index >= 15 is 0 Å². The summed E-state index contributed by atoms with van der Waals surface area (Å²) >= 11 is 18.1. The van der Waals surface area contributed by atoms with Gasteiger partial charge in [0.2, 0.25) is 0 Å². The summed E-state index contributed by atoms with van der Waals surface area (Å²) in [6.07, 6.45) is 2.82. The monoisotopic (exact) mass is 396 g/mol. The first kappa shape index (κ1) is 17.6. The van der Waals surface area contributed by atoms with Gasteiger partial charge in [-0.1, -0.05) is 34.8 Å². The molecule has 0 atom stereocenters. The van der Waals surface area contributed by atoms with Gasteiger partial charge in [-0.25, -0.2) is 5.43 Å². The summed E-state index contributed by atoms with van der Waals surface area (Å²) in [7, 11) is 0. The first-order chi connectivity index (χ1) is 12.0. The van der Waals surface area contributed by atoms with E-state index in [1.807, 2.05) is 0 Å². The molecule has 2 aromatic heterocycles. The fraction of sp³-hybridized carbons (Fsp3) is 0.0588. The molecule has 1 aromatic carbocycles. The molecule has 1 amide bonds. The van der Waals surface area contributed by atoms with Crippen molar-refractivity contribution in [1.82, 2.24) is 5.43 Å². The van der Waals surface area contributed by atoms with E-state index < -0.39 is 0 Å². The third kappa shape index (κ3) is 3.90. The summed E-state index contributed by atoms with van der Waals surface area (Å²) in [4.78, 5) is 11.9. The average molecular weight is 398 g/mol. The van der Waals surface area contributed by atoms with Gasteiger partial charge >= 0.3 is 0 Å². The molecule has 0 aliphatic rings. The maximum Gasteiger partial charge on any atom is 0.274 e. The van der Waals surface area contributed by atoms with Crippen LogP contribution in [0.5, 0.6) is 0 Å². The number of carbonyl (C=O) groups excluding carboxylic acids is 1. The maximum absolute atomic E-state index is 11.9. The molecule has 0 unspecified atom stereocenters. The van der Waals surface area contributed by atoms with Gasteiger partial charge in [-0.15, -0.1) is 0 Å². The zero-order chi connectivity index (χ0) is 18.0. The minimum atomic E-state index is -0.373. The van der Waals surface area contributed by atoms with E-state index in [0.717, 1.165) is 0 Å². The Morgan fingerprint density at radius 3 is 2.60 bits per heavy atom. The van der Waals surface area contributed by atoms with Gasteiger partial charge in [0.05, 0.1) is 33.1 Å². The van der Waals surface area contributed by atoms with Crippen molar-refractivity contribution in [2.45, 2.75) is 6.92 Å². The van der Waals surface area contributed by atoms with Crippen LogP contribution in [0.25, 0.3) is 11.3 Å². The van der Waals surface area contributed by atoms with Crippen LogP contribution < -0.4 is 5.43 Å². The van der Waals surface area contributed by atoms with Gasteiger partial charge in [0.15, 0.2) is 0 Å². The maximum atomic E-state index is 11.9. The lowest BCUT2D eigenvalue weighted by atomic mass is 10.2. The summed E-state index contributed by atoms with van der Waals surface area (Å²) in [6, 6.07) is 8.14. The van der Waals surface area contributed by atoms with Crippen LogP contribution in [0.15, 0.2) is 50.5 Å². The second-order valence-corrected chi connectivity index (χ2v) is 6.26. The summed E-state index contributed by atoms with van der Waals surface area (Å²) in [6.45, 7) is 1.69. The quantitative estimate of drug-likeness (QED) is 0.355. The topological polar surface area (TPSA) is 67.7 Å². The molecule has 0 fully saturated rings. The summed E-state index contributed by atoms with van der Waals surface area (Å²) in [5.74, 6) is 1.08. The Morgan fingerprint density at radius 2 is 1.88 bits per heavy atom. The highest BCUT2D eigenvalue weighted by atomic mass is 35.5. The Balaban J connectivity index is 1.73. The third-order valence-electron chi connectivity index (χ3n) is 3.36. The fourth-order valence-corrected chi connectivity index (χ4v) is 2.75. The Hall–Kier alpha value is -2.21. The number of furan rings is 2. The van der Waals surface area contributed by atoms with Crippen LogP contribution >= 0.6 is 34.8 Å². The van der Waals surface area contributed by atoms with Gasteiger partial charge in [-0.2, -0.15) is 5.10 Å². The number of carbonyl (C=O) groups is 1. The highest BCUT2D eigenvalue weighted by molar-refractivity contribution is 6.44. The van der Waals surface area contributed by atoms with E-state index in [1.54, 1.807) is 37.3 Å². The van der Waals surface area contributed by atoms with Gasteiger partial charge in [0.1, 0.15) is 17.3 Å². The molecule has 2 heterocycles. The number of halogens is 3. The van der Waals surface area contributed by atoms with Crippen molar-refractivity contribution < 1.29 is 13.6 Å². The zero-order valence-electron chi connectivity index (χ0n) is 12.8. The minimum Gasteiger partial charge on any atom is -0.469 e. The van der Waals surface area contributed by atoms with Crippen molar-refractivity contribution in [3.8, 4) is 11.3 Å². The van der Waals surface area contributed by atoms with Crippen molar-refractivity contribution in [1.29, 1.82) is 0 Å². The molecule has 1 N–H and O–H groups in total. The lowest BCUT2D eigenvalue weighted by Crippen LogP contribution is -2.17. The molecule has 0 spiro atoms. The van der Waals surface area contributed by atoms with Crippen molar-refractivity contribution in [3.05, 3.63) is 68.7 Å². The standard InChI is InChI=1S/C17H11Cl3N2O3/c1-9-11(4-5-24-9)17(23)22-21-8-10-2-3-16(25-10)12-6-14(19)15(20)7-13(12)18/h2-8H,1H3,(H,22,23)/b21-8+. The van der Waals surface area contributed by atoms with E-state index in [9.17, 15) is 4.79 Å². The molecule has 0 saturated carbocycles. The minimum absolute atomic E-state index is 0.362. The smallest absolute Gasteiger partial charge is 0.274 e. The van der Waals surface area contributed by atoms with Crippen LogP contribution in [0.3, 0.4) is 0 Å². The Bertz CT molecular complexity index is 960. The van der Waals surface area contributed by atoms with Crippen LogP contribution in [-0.4, -0.2) is 12.1 Å². The van der Waals surface area contributed by atoms with Crippen molar-refractivity contribution >= 4 is 46.9 Å². The lowest BCUT2D eigenvalue weighted by Gasteiger charge is -2.03. The number of nitrogens with one attached hydrogen (secondary N) is 1. The SMILES string of the molecule is Cc1occc1C(=O)N/N=C/c1ccc(-c2cc(Cl)c(Cl)cc2Cl)o1. The number of benzene rings is 1. The van der Waals surface area contributed by atoms with Gasteiger partial charge in [0, 0.05) is 5.56 Å². The molecular formula is C17H11Cl3N2O3. The average Bonchev–Trinajstić information content (AvgIpc) is 3.20. The second-order valence-electron chi connectivity index (χ2n) is 5.04. The molecular weight excluding hydrogens is 387 g/mol. The molecule has 8 heteroatoms. The Labute approximate surface area is 158 Å². The van der Waals surface area contributed by atoms with E-state index in [-0.39, 0.29) is 5.91 Å². The predicted octanol–water partition coefficient (Wildman–Crippen LogP) is 5.57.